The highest BCUT2D eigenvalue weighted by Crippen LogP contribution is 2.30. The number of aromatic nitrogens is 2. The summed E-state index contributed by atoms with van der Waals surface area (Å²) >= 11 is 0. The minimum absolute atomic E-state index is 0.348. The van der Waals surface area contributed by atoms with Crippen molar-refractivity contribution in [2.24, 2.45) is 18.7 Å². The number of nitrogens with two attached hydrogens (primary N) is 1. The number of nitrogens with zero attached hydrogens (tertiary/aromatic N) is 3. The molecule has 1 aliphatic heterocycles. The van der Waals surface area contributed by atoms with Gasteiger partial charge >= 0.3 is 0 Å². The lowest BCUT2D eigenvalue weighted by Gasteiger charge is -2.26. The summed E-state index contributed by atoms with van der Waals surface area (Å²) in [5, 5.41) is 4.35. The van der Waals surface area contributed by atoms with E-state index in [9.17, 15) is 0 Å². The summed E-state index contributed by atoms with van der Waals surface area (Å²) in [6.45, 7) is 7.47. The first kappa shape index (κ1) is 13.6. The van der Waals surface area contributed by atoms with Gasteiger partial charge in [-0.15, -0.1) is 0 Å². The molecule has 0 bridgehead atoms. The SMILES string of the molecule is CCCC1CCN(C(CN)c2cnn(C)c2C)C1. The first-order valence-corrected chi connectivity index (χ1v) is 7.10. The van der Waals surface area contributed by atoms with Crippen LogP contribution in [0.3, 0.4) is 0 Å². The topological polar surface area (TPSA) is 47.1 Å². The monoisotopic (exact) mass is 250 g/mol. The molecule has 102 valence electrons. The quantitative estimate of drug-likeness (QED) is 0.867. The first-order valence-electron chi connectivity index (χ1n) is 7.10. The van der Waals surface area contributed by atoms with Gasteiger partial charge in [-0.1, -0.05) is 13.3 Å². The molecule has 0 aliphatic carbocycles. The second kappa shape index (κ2) is 5.85. The van der Waals surface area contributed by atoms with E-state index in [-0.39, 0.29) is 0 Å². The lowest BCUT2D eigenvalue weighted by atomic mass is 10.0. The van der Waals surface area contributed by atoms with Crippen LogP contribution in [-0.4, -0.2) is 34.3 Å². The molecule has 0 aromatic carbocycles. The van der Waals surface area contributed by atoms with Gasteiger partial charge < -0.3 is 5.73 Å². The van der Waals surface area contributed by atoms with Gasteiger partial charge in [0.15, 0.2) is 0 Å². The second-order valence-electron chi connectivity index (χ2n) is 5.50. The molecule has 4 heteroatoms. The van der Waals surface area contributed by atoms with Crippen molar-refractivity contribution in [3.05, 3.63) is 17.5 Å². The third kappa shape index (κ3) is 2.59. The van der Waals surface area contributed by atoms with Crippen LogP contribution in [0.4, 0.5) is 0 Å². The van der Waals surface area contributed by atoms with Gasteiger partial charge in [-0.3, -0.25) is 9.58 Å². The highest BCUT2D eigenvalue weighted by atomic mass is 15.3. The fraction of sp³-hybridized carbons (Fsp3) is 0.786. The molecule has 1 aromatic rings. The number of rotatable bonds is 5. The summed E-state index contributed by atoms with van der Waals surface area (Å²) in [4.78, 5) is 2.55. The van der Waals surface area contributed by atoms with Gasteiger partial charge in [0.2, 0.25) is 0 Å². The Hall–Kier alpha value is -0.870. The van der Waals surface area contributed by atoms with Crippen molar-refractivity contribution in [2.75, 3.05) is 19.6 Å². The molecule has 2 N–H and O–H groups in total. The molecule has 1 fully saturated rings. The second-order valence-corrected chi connectivity index (χ2v) is 5.50. The third-order valence-corrected chi connectivity index (χ3v) is 4.31. The van der Waals surface area contributed by atoms with Crippen LogP contribution in [0.15, 0.2) is 6.20 Å². The summed E-state index contributed by atoms with van der Waals surface area (Å²) in [7, 11) is 2.00. The maximum absolute atomic E-state index is 6.00. The predicted octanol–water partition coefficient (Wildman–Crippen LogP) is 1.85. The van der Waals surface area contributed by atoms with Crippen LogP contribution in [-0.2, 0) is 7.05 Å². The Morgan fingerprint density at radius 2 is 2.33 bits per heavy atom. The normalized spacial score (nSPS) is 22.6. The Morgan fingerprint density at radius 1 is 1.56 bits per heavy atom. The number of hydrogen-bond donors (Lipinski definition) is 1. The standard InChI is InChI=1S/C14H26N4/c1-4-5-12-6-7-18(10-12)14(8-15)13-9-16-17(3)11(13)2/h9,12,14H,4-8,10,15H2,1-3H3. The number of likely N-dealkylation sites (tertiary alicyclic amines) is 1. The molecular weight excluding hydrogens is 224 g/mol. The van der Waals surface area contributed by atoms with Gasteiger partial charge in [-0.05, 0) is 32.2 Å². The van der Waals surface area contributed by atoms with Gasteiger partial charge in [-0.25, -0.2) is 0 Å². The summed E-state index contributed by atoms with van der Waals surface area (Å²) in [5.41, 5.74) is 8.55. The zero-order chi connectivity index (χ0) is 13.1. The van der Waals surface area contributed by atoms with Gasteiger partial charge in [0.05, 0.1) is 12.2 Å². The van der Waals surface area contributed by atoms with Crippen LogP contribution >= 0.6 is 0 Å². The van der Waals surface area contributed by atoms with Crippen LogP contribution in [0.5, 0.6) is 0 Å². The Morgan fingerprint density at radius 3 is 2.89 bits per heavy atom. The zero-order valence-corrected chi connectivity index (χ0v) is 11.9. The summed E-state index contributed by atoms with van der Waals surface area (Å²) in [5.74, 6) is 0.862. The van der Waals surface area contributed by atoms with Crippen molar-refractivity contribution in [3.8, 4) is 0 Å². The maximum Gasteiger partial charge on any atom is 0.0540 e. The van der Waals surface area contributed by atoms with E-state index in [0.29, 0.717) is 12.6 Å². The third-order valence-electron chi connectivity index (χ3n) is 4.31. The van der Waals surface area contributed by atoms with E-state index in [1.54, 1.807) is 0 Å². The van der Waals surface area contributed by atoms with Crippen LogP contribution in [0, 0.1) is 12.8 Å². The van der Waals surface area contributed by atoms with E-state index in [1.165, 1.54) is 43.6 Å². The Balaban J connectivity index is 2.08. The highest BCUT2D eigenvalue weighted by Gasteiger charge is 2.29. The molecule has 4 nitrogen and oxygen atoms in total. The summed E-state index contributed by atoms with van der Waals surface area (Å²) in [6, 6.07) is 0.348. The van der Waals surface area contributed by atoms with Crippen LogP contribution < -0.4 is 5.73 Å². The molecule has 0 spiro atoms. The molecule has 18 heavy (non-hydrogen) atoms. The van der Waals surface area contributed by atoms with Gasteiger partial charge in [-0.2, -0.15) is 5.10 Å². The average Bonchev–Trinajstić information content (AvgIpc) is 2.93. The van der Waals surface area contributed by atoms with Crippen molar-refractivity contribution in [1.82, 2.24) is 14.7 Å². The van der Waals surface area contributed by atoms with Gasteiger partial charge in [0, 0.05) is 31.4 Å². The van der Waals surface area contributed by atoms with Crippen molar-refractivity contribution in [1.29, 1.82) is 0 Å². The molecule has 0 radical (unpaired) electrons. The van der Waals surface area contributed by atoms with Crippen LogP contribution in [0.25, 0.3) is 0 Å². The molecule has 2 heterocycles. The molecule has 1 aliphatic rings. The first-order chi connectivity index (χ1) is 8.67. The number of aryl methyl sites for hydroxylation is 1. The van der Waals surface area contributed by atoms with Gasteiger partial charge in [0.25, 0.3) is 0 Å². The molecule has 2 unspecified atom stereocenters. The summed E-state index contributed by atoms with van der Waals surface area (Å²) < 4.78 is 1.94. The molecule has 1 saturated heterocycles. The lowest BCUT2D eigenvalue weighted by molar-refractivity contribution is 0.239. The summed E-state index contributed by atoms with van der Waals surface area (Å²) in [6.07, 6.45) is 5.95. The fourth-order valence-electron chi connectivity index (χ4n) is 3.11. The Kier molecular flexibility index (Phi) is 4.40. The zero-order valence-electron chi connectivity index (χ0n) is 11.9. The van der Waals surface area contributed by atoms with Crippen molar-refractivity contribution >= 4 is 0 Å². The van der Waals surface area contributed by atoms with E-state index in [0.717, 1.165) is 5.92 Å². The minimum atomic E-state index is 0.348. The highest BCUT2D eigenvalue weighted by molar-refractivity contribution is 5.21. The van der Waals surface area contributed by atoms with E-state index in [2.05, 4.69) is 23.8 Å². The van der Waals surface area contributed by atoms with Crippen molar-refractivity contribution in [3.63, 3.8) is 0 Å². The van der Waals surface area contributed by atoms with E-state index in [1.807, 2.05) is 17.9 Å². The fourth-order valence-corrected chi connectivity index (χ4v) is 3.11. The van der Waals surface area contributed by atoms with E-state index >= 15 is 0 Å². The van der Waals surface area contributed by atoms with E-state index in [4.69, 9.17) is 5.73 Å². The number of hydrogen-bond acceptors (Lipinski definition) is 3. The van der Waals surface area contributed by atoms with Crippen LogP contribution in [0.2, 0.25) is 0 Å². The molecule has 1 aromatic heterocycles. The molecule has 2 atom stereocenters. The average molecular weight is 250 g/mol. The van der Waals surface area contributed by atoms with Crippen LogP contribution in [0.1, 0.15) is 43.5 Å². The Bertz CT molecular complexity index is 385. The molecular formula is C14H26N4. The molecule has 0 saturated carbocycles. The van der Waals surface area contributed by atoms with Gasteiger partial charge in [0.1, 0.15) is 0 Å². The van der Waals surface area contributed by atoms with Crippen molar-refractivity contribution in [2.45, 2.75) is 39.2 Å². The Labute approximate surface area is 110 Å². The largest absolute Gasteiger partial charge is 0.329 e. The molecule has 0 amide bonds. The maximum atomic E-state index is 6.00. The van der Waals surface area contributed by atoms with Crippen molar-refractivity contribution < 1.29 is 0 Å². The predicted molar refractivity (Wildman–Crippen MR) is 74.3 cm³/mol. The minimum Gasteiger partial charge on any atom is -0.329 e. The van der Waals surface area contributed by atoms with E-state index < -0.39 is 0 Å². The lowest BCUT2D eigenvalue weighted by Crippen LogP contribution is -2.32. The smallest absolute Gasteiger partial charge is 0.0540 e. The molecule has 2 rings (SSSR count).